The van der Waals surface area contributed by atoms with Crippen molar-refractivity contribution in [1.29, 1.82) is 0 Å². The summed E-state index contributed by atoms with van der Waals surface area (Å²) in [5.74, 6) is -0.387. The van der Waals surface area contributed by atoms with Gasteiger partial charge in [0.2, 0.25) is 5.91 Å². The average Bonchev–Trinajstić information content (AvgIpc) is 2.33. The molecule has 0 saturated carbocycles. The number of pyridine rings is 1. The maximum Gasteiger partial charge on any atom is 0.416 e. The van der Waals surface area contributed by atoms with Crippen molar-refractivity contribution in [3.63, 3.8) is 0 Å². The molecule has 21 heavy (non-hydrogen) atoms. The SMILES string of the molecule is CC(C)CNC(=O)C(C)Nc1cc(C(F)(F)F)cc(N)n1. The van der Waals surface area contributed by atoms with E-state index in [0.717, 1.165) is 12.1 Å². The predicted octanol–water partition coefficient (Wildman–Crippen LogP) is 2.26. The lowest BCUT2D eigenvalue weighted by Crippen LogP contribution is -2.39. The highest BCUT2D eigenvalue weighted by Crippen LogP contribution is 2.31. The van der Waals surface area contributed by atoms with Gasteiger partial charge in [0.05, 0.1) is 5.56 Å². The number of hydrogen-bond acceptors (Lipinski definition) is 4. The second-order valence-corrected chi connectivity index (χ2v) is 5.17. The van der Waals surface area contributed by atoms with Crippen molar-refractivity contribution in [2.24, 2.45) is 5.92 Å². The summed E-state index contributed by atoms with van der Waals surface area (Å²) >= 11 is 0. The molecule has 1 rings (SSSR count). The summed E-state index contributed by atoms with van der Waals surface area (Å²) in [5, 5.41) is 5.29. The second-order valence-electron chi connectivity index (χ2n) is 5.17. The molecule has 1 aromatic rings. The van der Waals surface area contributed by atoms with E-state index in [-0.39, 0.29) is 23.5 Å². The second kappa shape index (κ2) is 6.64. The van der Waals surface area contributed by atoms with Crippen molar-refractivity contribution < 1.29 is 18.0 Å². The molecule has 5 nitrogen and oxygen atoms in total. The molecule has 118 valence electrons. The van der Waals surface area contributed by atoms with E-state index in [0.29, 0.717) is 6.54 Å². The van der Waals surface area contributed by atoms with Crippen LogP contribution in [-0.4, -0.2) is 23.5 Å². The fourth-order valence-electron chi connectivity index (χ4n) is 1.53. The quantitative estimate of drug-likeness (QED) is 0.779. The number of halogens is 3. The Morgan fingerprint density at radius 2 is 1.95 bits per heavy atom. The summed E-state index contributed by atoms with van der Waals surface area (Å²) in [6, 6.07) is 0.844. The Balaban J connectivity index is 2.78. The Morgan fingerprint density at radius 3 is 2.48 bits per heavy atom. The molecule has 0 fully saturated rings. The summed E-state index contributed by atoms with van der Waals surface area (Å²) in [6.07, 6.45) is -4.52. The first-order valence-electron chi connectivity index (χ1n) is 6.48. The minimum atomic E-state index is -4.52. The van der Waals surface area contributed by atoms with Gasteiger partial charge in [-0.3, -0.25) is 4.79 Å². The maximum atomic E-state index is 12.7. The van der Waals surface area contributed by atoms with Gasteiger partial charge < -0.3 is 16.4 Å². The number of anilines is 2. The molecule has 0 saturated heterocycles. The predicted molar refractivity (Wildman–Crippen MR) is 74.6 cm³/mol. The standard InChI is InChI=1S/C13H19F3N4O/c1-7(2)6-18-12(21)8(3)19-11-5-9(13(14,15)16)4-10(17)20-11/h4-5,7-8H,6H2,1-3H3,(H,18,21)(H3,17,19,20). The van der Waals surface area contributed by atoms with Crippen molar-refractivity contribution in [2.75, 3.05) is 17.6 Å². The van der Waals surface area contributed by atoms with E-state index in [2.05, 4.69) is 15.6 Å². The van der Waals surface area contributed by atoms with Crippen molar-refractivity contribution in [1.82, 2.24) is 10.3 Å². The first-order chi connectivity index (χ1) is 9.59. The minimum Gasteiger partial charge on any atom is -0.384 e. The topological polar surface area (TPSA) is 80.0 Å². The number of alkyl halides is 3. The third kappa shape index (κ3) is 5.49. The molecule has 0 spiro atoms. The van der Waals surface area contributed by atoms with Crippen molar-refractivity contribution >= 4 is 17.5 Å². The molecule has 0 aliphatic rings. The fourth-order valence-corrected chi connectivity index (χ4v) is 1.53. The number of nitrogens with zero attached hydrogens (tertiary/aromatic N) is 1. The molecule has 4 N–H and O–H groups in total. The Hall–Kier alpha value is -1.99. The Bertz CT molecular complexity index is 503. The molecule has 0 radical (unpaired) electrons. The largest absolute Gasteiger partial charge is 0.416 e. The van der Waals surface area contributed by atoms with Gasteiger partial charge in [0.15, 0.2) is 0 Å². The van der Waals surface area contributed by atoms with Crippen LogP contribution in [0.15, 0.2) is 12.1 Å². The first-order valence-corrected chi connectivity index (χ1v) is 6.48. The Labute approximate surface area is 121 Å². The van der Waals surface area contributed by atoms with Crippen LogP contribution in [0.4, 0.5) is 24.8 Å². The Morgan fingerprint density at radius 1 is 1.33 bits per heavy atom. The van der Waals surface area contributed by atoms with Crippen LogP contribution in [0.1, 0.15) is 26.3 Å². The van der Waals surface area contributed by atoms with E-state index >= 15 is 0 Å². The van der Waals surface area contributed by atoms with Gasteiger partial charge in [0, 0.05) is 6.54 Å². The van der Waals surface area contributed by atoms with Crippen molar-refractivity contribution in [3.8, 4) is 0 Å². The van der Waals surface area contributed by atoms with Crippen LogP contribution in [-0.2, 0) is 11.0 Å². The number of rotatable bonds is 5. The molecule has 1 amide bonds. The molecule has 0 aromatic carbocycles. The van der Waals surface area contributed by atoms with Gasteiger partial charge in [0.1, 0.15) is 17.7 Å². The zero-order chi connectivity index (χ0) is 16.2. The van der Waals surface area contributed by atoms with Gasteiger partial charge in [-0.05, 0) is 25.0 Å². The highest BCUT2D eigenvalue weighted by Gasteiger charge is 2.31. The number of hydrogen-bond donors (Lipinski definition) is 3. The summed E-state index contributed by atoms with van der Waals surface area (Å²) in [5.41, 5.74) is 4.44. The number of carbonyl (C=O) groups is 1. The van der Waals surface area contributed by atoms with Gasteiger partial charge >= 0.3 is 6.18 Å². The first kappa shape index (κ1) is 17.1. The fraction of sp³-hybridized carbons (Fsp3) is 0.538. The van der Waals surface area contributed by atoms with Gasteiger partial charge in [-0.15, -0.1) is 0 Å². The van der Waals surface area contributed by atoms with Crippen LogP contribution in [0.3, 0.4) is 0 Å². The van der Waals surface area contributed by atoms with Gasteiger partial charge in [0.25, 0.3) is 0 Å². The number of nitrogens with one attached hydrogen (secondary N) is 2. The van der Waals surface area contributed by atoms with Crippen LogP contribution < -0.4 is 16.4 Å². The summed E-state index contributed by atoms with van der Waals surface area (Å²) < 4.78 is 38.0. The van der Waals surface area contributed by atoms with Crippen LogP contribution >= 0.6 is 0 Å². The van der Waals surface area contributed by atoms with Crippen LogP contribution in [0, 0.1) is 5.92 Å². The lowest BCUT2D eigenvalue weighted by molar-refractivity contribution is -0.137. The Kier molecular flexibility index (Phi) is 5.40. The molecule has 0 aliphatic carbocycles. The lowest BCUT2D eigenvalue weighted by Gasteiger charge is -2.17. The number of nitrogens with two attached hydrogens (primary N) is 1. The lowest BCUT2D eigenvalue weighted by atomic mass is 10.2. The minimum absolute atomic E-state index is 0.0884. The molecule has 1 unspecified atom stereocenters. The number of carbonyl (C=O) groups excluding carboxylic acids is 1. The highest BCUT2D eigenvalue weighted by atomic mass is 19.4. The summed E-state index contributed by atoms with van der Waals surface area (Å²) in [7, 11) is 0. The molecule has 0 bridgehead atoms. The zero-order valence-corrected chi connectivity index (χ0v) is 12.1. The van der Waals surface area contributed by atoms with E-state index in [1.54, 1.807) is 0 Å². The van der Waals surface area contributed by atoms with Gasteiger partial charge in [-0.2, -0.15) is 13.2 Å². The molecular formula is C13H19F3N4O. The molecule has 1 atom stereocenters. The number of amides is 1. The van der Waals surface area contributed by atoms with E-state index in [9.17, 15) is 18.0 Å². The number of aromatic nitrogens is 1. The van der Waals surface area contributed by atoms with E-state index in [4.69, 9.17) is 5.73 Å². The van der Waals surface area contributed by atoms with Crippen LogP contribution in [0.5, 0.6) is 0 Å². The summed E-state index contributed by atoms with van der Waals surface area (Å²) in [4.78, 5) is 15.5. The van der Waals surface area contributed by atoms with Gasteiger partial charge in [-0.1, -0.05) is 13.8 Å². The van der Waals surface area contributed by atoms with Crippen LogP contribution in [0.2, 0.25) is 0 Å². The maximum absolute atomic E-state index is 12.7. The van der Waals surface area contributed by atoms with Crippen molar-refractivity contribution in [3.05, 3.63) is 17.7 Å². The van der Waals surface area contributed by atoms with E-state index in [1.807, 2.05) is 13.8 Å². The van der Waals surface area contributed by atoms with E-state index in [1.165, 1.54) is 6.92 Å². The molecular weight excluding hydrogens is 285 g/mol. The average molecular weight is 304 g/mol. The molecule has 1 heterocycles. The van der Waals surface area contributed by atoms with E-state index < -0.39 is 17.8 Å². The van der Waals surface area contributed by atoms with Gasteiger partial charge in [-0.25, -0.2) is 4.98 Å². The smallest absolute Gasteiger partial charge is 0.384 e. The molecule has 1 aromatic heterocycles. The number of nitrogen functional groups attached to an aromatic ring is 1. The molecule has 8 heteroatoms. The monoisotopic (exact) mass is 304 g/mol. The van der Waals surface area contributed by atoms with Crippen LogP contribution in [0.25, 0.3) is 0 Å². The molecule has 0 aliphatic heterocycles. The highest BCUT2D eigenvalue weighted by molar-refractivity contribution is 5.83. The third-order valence-corrected chi connectivity index (χ3v) is 2.61. The zero-order valence-electron chi connectivity index (χ0n) is 12.1. The van der Waals surface area contributed by atoms with Crippen molar-refractivity contribution in [2.45, 2.75) is 33.0 Å². The summed E-state index contributed by atoms with van der Waals surface area (Å²) in [6.45, 7) is 5.90. The normalized spacial score (nSPS) is 13.1. The third-order valence-electron chi connectivity index (χ3n) is 2.61.